The van der Waals surface area contributed by atoms with Crippen molar-refractivity contribution in [3.05, 3.63) is 40.3 Å². The third kappa shape index (κ3) is 3.84. The number of rotatable bonds is 3. The predicted molar refractivity (Wildman–Crippen MR) is 107 cm³/mol. The minimum absolute atomic E-state index is 0.0200. The molecule has 0 saturated carbocycles. The maximum atomic E-state index is 12.6. The van der Waals surface area contributed by atoms with E-state index in [9.17, 15) is 18.0 Å². The van der Waals surface area contributed by atoms with Crippen molar-refractivity contribution in [2.45, 2.75) is 12.5 Å². The Morgan fingerprint density at radius 3 is 2.50 bits per heavy atom. The van der Waals surface area contributed by atoms with Crippen LogP contribution in [0.4, 0.5) is 0 Å². The van der Waals surface area contributed by atoms with Crippen LogP contribution in [0.25, 0.3) is 6.08 Å². The van der Waals surface area contributed by atoms with E-state index in [4.69, 9.17) is 12.2 Å². The average molecular weight is 411 g/mol. The van der Waals surface area contributed by atoms with Crippen molar-refractivity contribution in [1.29, 1.82) is 0 Å². The van der Waals surface area contributed by atoms with E-state index in [1.54, 1.807) is 44.4 Å². The van der Waals surface area contributed by atoms with Gasteiger partial charge in [-0.15, -0.1) is 0 Å². The number of carbonyl (C=O) groups excluding carboxylic acids is 2. The standard InChI is InChI=1S/C17H18N2O4S3/c1-18(13-7-8-26(22,23)10-13)15(20)12-5-3-11(4-6-12)9-14-16(21)19(2)17(24)25-14/h3-6,9,13H,7-8,10H2,1-2H3. The van der Waals surface area contributed by atoms with E-state index in [-0.39, 0.29) is 29.4 Å². The van der Waals surface area contributed by atoms with Crippen LogP contribution in [0.1, 0.15) is 22.3 Å². The predicted octanol–water partition coefficient (Wildman–Crippen LogP) is 1.78. The van der Waals surface area contributed by atoms with E-state index in [0.29, 0.717) is 21.2 Å². The quantitative estimate of drug-likeness (QED) is 0.559. The zero-order valence-corrected chi connectivity index (χ0v) is 16.8. The molecule has 0 aromatic heterocycles. The van der Waals surface area contributed by atoms with Gasteiger partial charge in [-0.3, -0.25) is 14.5 Å². The molecule has 0 aliphatic carbocycles. The molecule has 138 valence electrons. The fraction of sp³-hybridized carbons (Fsp3) is 0.353. The summed E-state index contributed by atoms with van der Waals surface area (Å²) in [5.74, 6) is -0.198. The van der Waals surface area contributed by atoms with Gasteiger partial charge in [-0.25, -0.2) is 8.42 Å². The molecule has 2 amide bonds. The second-order valence-corrected chi connectivity index (χ2v) is 10.2. The summed E-state index contributed by atoms with van der Waals surface area (Å²) in [4.78, 5) is 28.1. The topological polar surface area (TPSA) is 74.8 Å². The van der Waals surface area contributed by atoms with Crippen LogP contribution in [0.2, 0.25) is 0 Å². The Balaban J connectivity index is 1.72. The van der Waals surface area contributed by atoms with Crippen LogP contribution in [0.3, 0.4) is 0 Å². The second-order valence-electron chi connectivity index (χ2n) is 6.34. The van der Waals surface area contributed by atoms with Crippen LogP contribution in [0, 0.1) is 0 Å². The van der Waals surface area contributed by atoms with Gasteiger partial charge in [0.05, 0.1) is 16.4 Å². The zero-order chi connectivity index (χ0) is 19.1. The van der Waals surface area contributed by atoms with E-state index >= 15 is 0 Å². The molecule has 1 aromatic rings. The first-order valence-corrected chi connectivity index (χ1v) is 11.0. The number of thiocarbonyl (C=S) groups is 1. The molecule has 2 fully saturated rings. The summed E-state index contributed by atoms with van der Waals surface area (Å²) < 4.78 is 23.7. The SMILES string of the molecule is CN1C(=O)C(=Cc2ccc(C(=O)N(C)C3CCS(=O)(=O)C3)cc2)SC1=S. The van der Waals surface area contributed by atoms with Crippen molar-refractivity contribution in [2.24, 2.45) is 0 Å². The fourth-order valence-corrected chi connectivity index (χ4v) is 5.82. The monoisotopic (exact) mass is 410 g/mol. The summed E-state index contributed by atoms with van der Waals surface area (Å²) in [6, 6.07) is 6.60. The molecule has 1 unspecified atom stereocenters. The minimum Gasteiger partial charge on any atom is -0.338 e. The van der Waals surface area contributed by atoms with Crippen LogP contribution in [-0.2, 0) is 14.6 Å². The minimum atomic E-state index is -3.04. The van der Waals surface area contributed by atoms with E-state index in [0.717, 1.165) is 5.56 Å². The maximum Gasteiger partial charge on any atom is 0.265 e. The molecule has 2 aliphatic heterocycles. The Morgan fingerprint density at radius 1 is 1.35 bits per heavy atom. The highest BCUT2D eigenvalue weighted by atomic mass is 32.2. The van der Waals surface area contributed by atoms with Gasteiger partial charge >= 0.3 is 0 Å². The van der Waals surface area contributed by atoms with Crippen molar-refractivity contribution in [3.63, 3.8) is 0 Å². The molecule has 0 bridgehead atoms. The molecule has 2 saturated heterocycles. The number of thioether (sulfide) groups is 1. The van der Waals surface area contributed by atoms with Gasteiger partial charge in [0.25, 0.3) is 11.8 Å². The summed E-state index contributed by atoms with van der Waals surface area (Å²) in [5, 5.41) is 0. The molecular formula is C17H18N2O4S3. The first-order valence-electron chi connectivity index (χ1n) is 7.97. The van der Waals surface area contributed by atoms with Crippen molar-refractivity contribution < 1.29 is 18.0 Å². The highest BCUT2D eigenvalue weighted by molar-refractivity contribution is 8.26. The largest absolute Gasteiger partial charge is 0.338 e. The van der Waals surface area contributed by atoms with Crippen molar-refractivity contribution in [1.82, 2.24) is 9.80 Å². The second kappa shape index (κ2) is 7.13. The van der Waals surface area contributed by atoms with Crippen LogP contribution in [-0.4, -0.2) is 66.0 Å². The lowest BCUT2D eigenvalue weighted by Crippen LogP contribution is -2.37. The smallest absolute Gasteiger partial charge is 0.265 e. The maximum absolute atomic E-state index is 12.6. The van der Waals surface area contributed by atoms with Crippen LogP contribution in [0.5, 0.6) is 0 Å². The molecule has 26 heavy (non-hydrogen) atoms. The highest BCUT2D eigenvalue weighted by Gasteiger charge is 2.33. The molecule has 0 N–H and O–H groups in total. The number of carbonyl (C=O) groups is 2. The molecule has 0 radical (unpaired) electrons. The Labute approximate surface area is 162 Å². The first-order chi connectivity index (χ1) is 12.2. The van der Waals surface area contributed by atoms with Crippen LogP contribution >= 0.6 is 24.0 Å². The lowest BCUT2D eigenvalue weighted by molar-refractivity contribution is -0.121. The lowest BCUT2D eigenvalue weighted by atomic mass is 10.1. The lowest BCUT2D eigenvalue weighted by Gasteiger charge is -2.23. The van der Waals surface area contributed by atoms with Gasteiger partial charge in [-0.2, -0.15) is 0 Å². The van der Waals surface area contributed by atoms with Gasteiger partial charge < -0.3 is 4.90 Å². The Morgan fingerprint density at radius 2 is 2.00 bits per heavy atom. The number of nitrogens with zero attached hydrogens (tertiary/aromatic N) is 2. The molecule has 6 nitrogen and oxygen atoms in total. The number of sulfone groups is 1. The number of hydrogen-bond acceptors (Lipinski definition) is 6. The molecule has 2 heterocycles. The summed E-state index contributed by atoms with van der Waals surface area (Å²) in [5.41, 5.74) is 1.28. The normalized spacial score (nSPS) is 23.7. The van der Waals surface area contributed by atoms with Gasteiger partial charge in [-0.1, -0.05) is 36.1 Å². The van der Waals surface area contributed by atoms with Gasteiger partial charge in [0.1, 0.15) is 4.32 Å². The number of likely N-dealkylation sites (N-methyl/N-ethyl adjacent to an activating group) is 1. The zero-order valence-electron chi connectivity index (χ0n) is 14.3. The van der Waals surface area contributed by atoms with Crippen LogP contribution < -0.4 is 0 Å². The van der Waals surface area contributed by atoms with Gasteiger partial charge in [0.15, 0.2) is 9.84 Å². The molecule has 2 aliphatic rings. The molecule has 1 aromatic carbocycles. The van der Waals surface area contributed by atoms with Gasteiger partial charge in [0.2, 0.25) is 0 Å². The molecular weight excluding hydrogens is 392 g/mol. The molecule has 3 rings (SSSR count). The molecule has 1 atom stereocenters. The molecule has 0 spiro atoms. The number of hydrogen-bond donors (Lipinski definition) is 0. The van der Waals surface area contributed by atoms with E-state index in [1.165, 1.54) is 21.6 Å². The number of amides is 2. The van der Waals surface area contributed by atoms with Gasteiger partial charge in [-0.05, 0) is 30.2 Å². The summed E-state index contributed by atoms with van der Waals surface area (Å²) in [7, 11) is 0.231. The summed E-state index contributed by atoms with van der Waals surface area (Å²) >= 11 is 6.34. The van der Waals surface area contributed by atoms with Crippen LogP contribution in [0.15, 0.2) is 29.2 Å². The first kappa shape index (κ1) is 19.1. The Bertz CT molecular complexity index is 906. The average Bonchev–Trinajstić information content (AvgIpc) is 3.09. The fourth-order valence-electron chi connectivity index (χ4n) is 2.87. The third-order valence-corrected chi connectivity index (χ3v) is 7.75. The highest BCUT2D eigenvalue weighted by Crippen LogP contribution is 2.31. The van der Waals surface area contributed by atoms with E-state index < -0.39 is 9.84 Å². The Hall–Kier alpha value is -1.71. The van der Waals surface area contributed by atoms with E-state index in [1.807, 2.05) is 0 Å². The van der Waals surface area contributed by atoms with Crippen molar-refractivity contribution in [2.75, 3.05) is 25.6 Å². The number of benzene rings is 1. The van der Waals surface area contributed by atoms with Gasteiger partial charge in [0, 0.05) is 25.7 Å². The van der Waals surface area contributed by atoms with Crippen molar-refractivity contribution >= 4 is 56.0 Å². The summed E-state index contributed by atoms with van der Waals surface area (Å²) in [6.45, 7) is 0. The summed E-state index contributed by atoms with van der Waals surface area (Å²) in [6.07, 6.45) is 2.21. The Kier molecular flexibility index (Phi) is 5.23. The molecule has 9 heteroatoms. The van der Waals surface area contributed by atoms with E-state index in [2.05, 4.69) is 0 Å². The third-order valence-electron chi connectivity index (χ3n) is 4.52. The van der Waals surface area contributed by atoms with Crippen molar-refractivity contribution in [3.8, 4) is 0 Å².